The van der Waals surface area contributed by atoms with Crippen LogP contribution in [0.2, 0.25) is 0 Å². The number of anilines is 1. The Morgan fingerprint density at radius 2 is 1.72 bits per heavy atom. The number of sulfone groups is 1. The van der Waals surface area contributed by atoms with Crippen molar-refractivity contribution in [1.82, 2.24) is 0 Å². The highest BCUT2D eigenvalue weighted by Crippen LogP contribution is 2.39. The van der Waals surface area contributed by atoms with Crippen LogP contribution < -0.4 is 10.1 Å². The van der Waals surface area contributed by atoms with Gasteiger partial charge in [0, 0.05) is 5.69 Å². The summed E-state index contributed by atoms with van der Waals surface area (Å²) in [6.07, 6.45) is 7.46. The SMILES string of the molecule is CC1(C)C(=O)Nc2ccc(OCCCCS(=O)(=O)c3ccc(C4CCCCC4)cc3)cc21. The molecule has 32 heavy (non-hydrogen) atoms. The summed E-state index contributed by atoms with van der Waals surface area (Å²) in [4.78, 5) is 12.5. The third-order valence-electron chi connectivity index (χ3n) is 6.87. The highest BCUT2D eigenvalue weighted by atomic mass is 32.2. The van der Waals surface area contributed by atoms with Gasteiger partial charge in [-0.25, -0.2) is 8.42 Å². The molecule has 0 bridgehead atoms. The minimum Gasteiger partial charge on any atom is -0.494 e. The Labute approximate surface area is 191 Å². The molecule has 1 saturated carbocycles. The number of benzene rings is 2. The highest BCUT2D eigenvalue weighted by Gasteiger charge is 2.38. The van der Waals surface area contributed by atoms with E-state index in [2.05, 4.69) is 5.32 Å². The molecule has 4 rings (SSSR count). The van der Waals surface area contributed by atoms with Crippen molar-refractivity contribution in [2.45, 2.75) is 75.0 Å². The maximum atomic E-state index is 12.7. The zero-order chi connectivity index (χ0) is 22.8. The molecule has 2 aromatic rings. The van der Waals surface area contributed by atoms with Crippen LogP contribution in [0.15, 0.2) is 47.4 Å². The van der Waals surface area contributed by atoms with Crippen LogP contribution in [-0.4, -0.2) is 26.7 Å². The molecule has 1 aliphatic carbocycles. The maximum Gasteiger partial charge on any atom is 0.234 e. The van der Waals surface area contributed by atoms with Crippen LogP contribution in [0.3, 0.4) is 0 Å². The average molecular weight is 456 g/mol. The number of amides is 1. The Kier molecular flexibility index (Phi) is 6.61. The van der Waals surface area contributed by atoms with Gasteiger partial charge in [-0.05, 0) is 86.9 Å². The second-order valence-electron chi connectivity index (χ2n) is 9.56. The van der Waals surface area contributed by atoms with E-state index in [1.54, 1.807) is 12.1 Å². The third-order valence-corrected chi connectivity index (χ3v) is 8.69. The average Bonchev–Trinajstić information content (AvgIpc) is 3.02. The summed E-state index contributed by atoms with van der Waals surface area (Å²) in [6.45, 7) is 4.23. The minimum atomic E-state index is -3.28. The Morgan fingerprint density at radius 1 is 1.00 bits per heavy atom. The lowest BCUT2D eigenvalue weighted by Gasteiger charge is -2.22. The van der Waals surface area contributed by atoms with Crippen molar-refractivity contribution < 1.29 is 17.9 Å². The standard InChI is InChI=1S/C26H33NO4S/c1-26(2)23-18-21(12-15-24(23)27-25(26)28)31-16-6-7-17-32(29,30)22-13-10-20(11-14-22)19-8-4-3-5-9-19/h10-15,18-19H,3-9,16-17H2,1-2H3,(H,27,28). The van der Waals surface area contributed by atoms with E-state index < -0.39 is 15.3 Å². The lowest BCUT2D eigenvalue weighted by Crippen LogP contribution is -2.26. The number of hydrogen-bond acceptors (Lipinski definition) is 4. The zero-order valence-electron chi connectivity index (χ0n) is 19.0. The van der Waals surface area contributed by atoms with Crippen molar-refractivity contribution in [3.8, 4) is 5.75 Å². The number of nitrogens with one attached hydrogen (secondary N) is 1. The van der Waals surface area contributed by atoms with Crippen molar-refractivity contribution in [3.05, 3.63) is 53.6 Å². The van der Waals surface area contributed by atoms with Gasteiger partial charge in [-0.3, -0.25) is 4.79 Å². The Morgan fingerprint density at radius 3 is 2.44 bits per heavy atom. The first-order valence-corrected chi connectivity index (χ1v) is 13.3. The highest BCUT2D eigenvalue weighted by molar-refractivity contribution is 7.91. The predicted octanol–water partition coefficient (Wildman–Crippen LogP) is 5.60. The van der Waals surface area contributed by atoms with Gasteiger partial charge in [0.05, 0.1) is 22.7 Å². The van der Waals surface area contributed by atoms with E-state index in [4.69, 9.17) is 4.74 Å². The van der Waals surface area contributed by atoms with E-state index in [-0.39, 0.29) is 11.7 Å². The molecular formula is C26H33NO4S. The molecule has 1 N–H and O–H groups in total. The number of hydrogen-bond donors (Lipinski definition) is 1. The summed E-state index contributed by atoms with van der Waals surface area (Å²) in [5.41, 5.74) is 2.45. The second-order valence-corrected chi connectivity index (χ2v) is 11.7. The summed E-state index contributed by atoms with van der Waals surface area (Å²) in [6, 6.07) is 13.2. The molecule has 1 aliphatic heterocycles. The van der Waals surface area contributed by atoms with Gasteiger partial charge in [0.15, 0.2) is 9.84 Å². The molecule has 1 fully saturated rings. The summed E-state index contributed by atoms with van der Waals surface area (Å²) < 4.78 is 31.2. The van der Waals surface area contributed by atoms with Crippen LogP contribution in [0.25, 0.3) is 0 Å². The van der Waals surface area contributed by atoms with Crippen LogP contribution in [-0.2, 0) is 20.0 Å². The predicted molar refractivity (Wildman–Crippen MR) is 127 cm³/mol. The Hall–Kier alpha value is -2.34. The van der Waals surface area contributed by atoms with Crippen LogP contribution >= 0.6 is 0 Å². The van der Waals surface area contributed by atoms with E-state index >= 15 is 0 Å². The van der Waals surface area contributed by atoms with Crippen molar-refractivity contribution in [3.63, 3.8) is 0 Å². The van der Waals surface area contributed by atoms with Gasteiger partial charge in [0.2, 0.25) is 5.91 Å². The molecule has 0 atom stereocenters. The molecule has 1 amide bonds. The molecule has 0 spiro atoms. The summed E-state index contributed by atoms with van der Waals surface area (Å²) >= 11 is 0. The van der Waals surface area contributed by atoms with Gasteiger partial charge in [-0.15, -0.1) is 0 Å². The number of unbranched alkanes of at least 4 members (excludes halogenated alkanes) is 1. The number of carbonyl (C=O) groups is 1. The van der Waals surface area contributed by atoms with Gasteiger partial charge >= 0.3 is 0 Å². The zero-order valence-corrected chi connectivity index (χ0v) is 19.8. The quantitative estimate of drug-likeness (QED) is 0.526. The lowest BCUT2D eigenvalue weighted by atomic mass is 9.84. The van der Waals surface area contributed by atoms with E-state index in [0.717, 1.165) is 11.3 Å². The first kappa shape index (κ1) is 22.8. The molecule has 172 valence electrons. The summed E-state index contributed by atoms with van der Waals surface area (Å²) in [5.74, 6) is 1.39. The molecule has 0 unspecified atom stereocenters. The van der Waals surface area contributed by atoms with E-state index in [9.17, 15) is 13.2 Å². The Bertz CT molecular complexity index is 1070. The molecule has 0 radical (unpaired) electrons. The number of fused-ring (bicyclic) bond motifs is 1. The molecule has 2 aromatic carbocycles. The maximum absolute atomic E-state index is 12.7. The molecule has 0 aromatic heterocycles. The lowest BCUT2D eigenvalue weighted by molar-refractivity contribution is -0.119. The topological polar surface area (TPSA) is 72.5 Å². The van der Waals surface area contributed by atoms with Crippen LogP contribution in [0.4, 0.5) is 5.69 Å². The molecular weight excluding hydrogens is 422 g/mol. The van der Waals surface area contributed by atoms with Crippen LogP contribution in [0.5, 0.6) is 5.75 Å². The van der Waals surface area contributed by atoms with Gasteiger partial charge in [-0.1, -0.05) is 31.4 Å². The third kappa shape index (κ3) is 4.85. The number of ether oxygens (including phenoxy) is 1. The molecule has 5 nitrogen and oxygen atoms in total. The first-order chi connectivity index (χ1) is 15.3. The van der Waals surface area contributed by atoms with Gasteiger partial charge in [-0.2, -0.15) is 0 Å². The van der Waals surface area contributed by atoms with Crippen LogP contribution in [0, 0.1) is 0 Å². The van der Waals surface area contributed by atoms with Crippen molar-refractivity contribution in [2.24, 2.45) is 0 Å². The largest absolute Gasteiger partial charge is 0.494 e. The normalized spacial score (nSPS) is 18.2. The van der Waals surface area contributed by atoms with Crippen molar-refractivity contribution in [1.29, 1.82) is 0 Å². The monoisotopic (exact) mass is 455 g/mol. The van der Waals surface area contributed by atoms with E-state index in [1.165, 1.54) is 37.7 Å². The molecule has 1 heterocycles. The van der Waals surface area contributed by atoms with Gasteiger partial charge in [0.1, 0.15) is 5.75 Å². The Balaban J connectivity index is 1.26. The fourth-order valence-electron chi connectivity index (χ4n) is 4.73. The second kappa shape index (κ2) is 9.26. The summed E-state index contributed by atoms with van der Waals surface area (Å²) in [7, 11) is -3.28. The van der Waals surface area contributed by atoms with Gasteiger partial charge in [0.25, 0.3) is 0 Å². The molecule has 6 heteroatoms. The van der Waals surface area contributed by atoms with E-state index in [0.29, 0.717) is 36.0 Å². The smallest absolute Gasteiger partial charge is 0.234 e. The fraction of sp³-hybridized carbons (Fsp3) is 0.500. The van der Waals surface area contributed by atoms with E-state index in [1.807, 2.05) is 44.2 Å². The fourth-order valence-corrected chi connectivity index (χ4v) is 6.10. The van der Waals surface area contributed by atoms with Gasteiger partial charge < -0.3 is 10.1 Å². The molecule has 0 saturated heterocycles. The summed E-state index contributed by atoms with van der Waals surface area (Å²) in [5, 5.41) is 2.88. The van der Waals surface area contributed by atoms with Crippen molar-refractivity contribution >= 4 is 21.4 Å². The van der Waals surface area contributed by atoms with Crippen molar-refractivity contribution in [2.75, 3.05) is 17.7 Å². The first-order valence-electron chi connectivity index (χ1n) is 11.7. The van der Waals surface area contributed by atoms with Crippen LogP contribution in [0.1, 0.15) is 75.8 Å². The number of rotatable bonds is 8. The minimum absolute atomic E-state index is 0.0124. The number of carbonyl (C=O) groups excluding carboxylic acids is 1. The molecule has 2 aliphatic rings.